The Hall–Kier alpha value is -1.63. The predicted octanol–water partition coefficient (Wildman–Crippen LogP) is 3.56. The van der Waals surface area contributed by atoms with Crippen molar-refractivity contribution < 1.29 is 13.9 Å². The Bertz CT molecular complexity index is 614. The number of benzene rings is 2. The van der Waals surface area contributed by atoms with E-state index in [1.165, 1.54) is 12.1 Å². The maximum atomic E-state index is 12.8. The fourth-order valence-corrected chi connectivity index (χ4v) is 2.26. The molecule has 3 nitrogen and oxygen atoms in total. The topological polar surface area (TPSA) is 38.3 Å². The number of carbonyl (C=O) groups is 1. The third-order valence-corrected chi connectivity index (χ3v) is 3.84. The van der Waals surface area contributed by atoms with Crippen molar-refractivity contribution >= 4 is 28.5 Å². The molecule has 0 saturated heterocycles. The highest BCUT2D eigenvalue weighted by Crippen LogP contribution is 2.15. The first-order valence-corrected chi connectivity index (χ1v) is 8.07. The van der Waals surface area contributed by atoms with Crippen LogP contribution in [0.5, 0.6) is 5.75 Å². The summed E-state index contributed by atoms with van der Waals surface area (Å²) in [4.78, 5) is 12.0. The van der Waals surface area contributed by atoms with Crippen molar-refractivity contribution in [2.45, 2.75) is 19.4 Å². The van der Waals surface area contributed by atoms with Crippen LogP contribution >= 0.6 is 22.6 Å². The van der Waals surface area contributed by atoms with Gasteiger partial charge in [-0.15, -0.1) is 0 Å². The number of ether oxygens (including phenoxy) is 1. The van der Waals surface area contributed by atoms with Gasteiger partial charge in [-0.2, -0.15) is 0 Å². The van der Waals surface area contributed by atoms with Crippen LogP contribution in [0.4, 0.5) is 4.39 Å². The van der Waals surface area contributed by atoms with E-state index in [-0.39, 0.29) is 11.7 Å². The highest BCUT2D eigenvalue weighted by Gasteiger charge is 2.13. The molecule has 2 aromatic carbocycles. The Balaban J connectivity index is 1.76. The molecule has 0 heterocycles. The highest BCUT2D eigenvalue weighted by molar-refractivity contribution is 14.1. The molecular weight excluding hydrogens is 396 g/mol. The zero-order valence-electron chi connectivity index (χ0n) is 12.2. The molecule has 2 rings (SSSR count). The first kappa shape index (κ1) is 16.7. The molecule has 0 spiro atoms. The number of halogens is 2. The van der Waals surface area contributed by atoms with Crippen LogP contribution < -0.4 is 10.1 Å². The standard InChI is InChI=1S/C17H17FINO2/c1-12(22-16-8-6-15(19)7-9-16)17(21)20-11-10-13-2-4-14(18)5-3-13/h2-9,12H,10-11H2,1H3,(H,20,21). The molecule has 0 aliphatic heterocycles. The molecule has 116 valence electrons. The van der Waals surface area contributed by atoms with E-state index in [0.717, 1.165) is 9.13 Å². The van der Waals surface area contributed by atoms with E-state index in [4.69, 9.17) is 4.74 Å². The summed E-state index contributed by atoms with van der Waals surface area (Å²) >= 11 is 2.21. The molecule has 1 unspecified atom stereocenters. The molecule has 2 aromatic rings. The summed E-state index contributed by atoms with van der Waals surface area (Å²) in [5, 5.41) is 2.82. The molecule has 0 radical (unpaired) electrons. The summed E-state index contributed by atoms with van der Waals surface area (Å²) in [5.74, 6) is 0.245. The van der Waals surface area contributed by atoms with Gasteiger partial charge in [-0.1, -0.05) is 12.1 Å². The SMILES string of the molecule is CC(Oc1ccc(I)cc1)C(=O)NCCc1ccc(F)cc1. The molecule has 0 saturated carbocycles. The largest absolute Gasteiger partial charge is 0.481 e. The minimum Gasteiger partial charge on any atom is -0.481 e. The summed E-state index contributed by atoms with van der Waals surface area (Å²) in [6, 6.07) is 13.8. The first-order valence-electron chi connectivity index (χ1n) is 6.99. The molecule has 0 aliphatic carbocycles. The van der Waals surface area contributed by atoms with E-state index in [1.54, 1.807) is 19.1 Å². The van der Waals surface area contributed by atoms with Crippen molar-refractivity contribution in [3.8, 4) is 5.75 Å². The van der Waals surface area contributed by atoms with Gasteiger partial charge in [0.1, 0.15) is 11.6 Å². The summed E-state index contributed by atoms with van der Waals surface area (Å²) in [6.45, 7) is 2.20. The monoisotopic (exact) mass is 413 g/mol. The summed E-state index contributed by atoms with van der Waals surface area (Å²) in [5.41, 5.74) is 0.980. The Morgan fingerprint density at radius 3 is 2.45 bits per heavy atom. The molecule has 1 N–H and O–H groups in total. The summed E-state index contributed by atoms with van der Waals surface area (Å²) in [7, 11) is 0. The zero-order valence-corrected chi connectivity index (χ0v) is 14.3. The zero-order chi connectivity index (χ0) is 15.9. The maximum Gasteiger partial charge on any atom is 0.260 e. The second-order valence-electron chi connectivity index (χ2n) is 4.88. The van der Waals surface area contributed by atoms with Gasteiger partial charge in [-0.05, 0) is 77.9 Å². The number of carbonyl (C=O) groups excluding carboxylic acids is 1. The average molecular weight is 413 g/mol. The van der Waals surface area contributed by atoms with Crippen molar-refractivity contribution in [1.82, 2.24) is 5.32 Å². The number of hydrogen-bond acceptors (Lipinski definition) is 2. The van der Waals surface area contributed by atoms with Crippen molar-refractivity contribution in [2.24, 2.45) is 0 Å². The quantitative estimate of drug-likeness (QED) is 0.736. The molecule has 0 aliphatic rings. The van der Waals surface area contributed by atoms with E-state index in [0.29, 0.717) is 18.7 Å². The van der Waals surface area contributed by atoms with E-state index >= 15 is 0 Å². The van der Waals surface area contributed by atoms with Gasteiger partial charge in [0.05, 0.1) is 0 Å². The Morgan fingerprint density at radius 2 is 1.82 bits per heavy atom. The maximum absolute atomic E-state index is 12.8. The van der Waals surface area contributed by atoms with Crippen LogP contribution in [0, 0.1) is 9.39 Å². The number of hydrogen-bond donors (Lipinski definition) is 1. The fraction of sp³-hybridized carbons (Fsp3) is 0.235. The van der Waals surface area contributed by atoms with E-state index in [1.807, 2.05) is 24.3 Å². The van der Waals surface area contributed by atoms with Gasteiger partial charge in [0.15, 0.2) is 6.10 Å². The smallest absolute Gasteiger partial charge is 0.260 e. The van der Waals surface area contributed by atoms with Gasteiger partial charge in [-0.3, -0.25) is 4.79 Å². The van der Waals surface area contributed by atoms with Crippen LogP contribution in [0.2, 0.25) is 0 Å². The number of nitrogens with one attached hydrogen (secondary N) is 1. The van der Waals surface area contributed by atoms with Gasteiger partial charge in [0, 0.05) is 10.1 Å². The lowest BCUT2D eigenvalue weighted by Gasteiger charge is -2.14. The third kappa shape index (κ3) is 5.29. The van der Waals surface area contributed by atoms with Crippen LogP contribution in [0.15, 0.2) is 48.5 Å². The lowest BCUT2D eigenvalue weighted by Crippen LogP contribution is -2.37. The van der Waals surface area contributed by atoms with Crippen molar-refractivity contribution in [1.29, 1.82) is 0 Å². The number of amides is 1. The molecule has 0 aromatic heterocycles. The lowest BCUT2D eigenvalue weighted by atomic mass is 10.1. The van der Waals surface area contributed by atoms with Gasteiger partial charge in [0.25, 0.3) is 5.91 Å². The highest BCUT2D eigenvalue weighted by atomic mass is 127. The molecule has 1 amide bonds. The van der Waals surface area contributed by atoms with E-state index in [2.05, 4.69) is 27.9 Å². The molecule has 0 bridgehead atoms. The van der Waals surface area contributed by atoms with Crippen LogP contribution in [0.3, 0.4) is 0 Å². The van der Waals surface area contributed by atoms with Gasteiger partial charge >= 0.3 is 0 Å². The van der Waals surface area contributed by atoms with Gasteiger partial charge in [0.2, 0.25) is 0 Å². The van der Waals surface area contributed by atoms with Crippen molar-refractivity contribution in [3.63, 3.8) is 0 Å². The minimum absolute atomic E-state index is 0.166. The van der Waals surface area contributed by atoms with Crippen LogP contribution in [-0.2, 0) is 11.2 Å². The molecule has 5 heteroatoms. The van der Waals surface area contributed by atoms with E-state index < -0.39 is 6.10 Å². The van der Waals surface area contributed by atoms with Gasteiger partial charge < -0.3 is 10.1 Å². The molecule has 0 fully saturated rings. The summed E-state index contributed by atoms with van der Waals surface area (Å²) in [6.07, 6.45) is 0.0933. The van der Waals surface area contributed by atoms with Crippen LogP contribution in [-0.4, -0.2) is 18.6 Å². The van der Waals surface area contributed by atoms with Crippen molar-refractivity contribution in [3.05, 3.63) is 63.5 Å². The average Bonchev–Trinajstić information content (AvgIpc) is 2.51. The Kier molecular flexibility index (Phi) is 6.18. The van der Waals surface area contributed by atoms with Crippen molar-refractivity contribution in [2.75, 3.05) is 6.54 Å². The van der Waals surface area contributed by atoms with Crippen LogP contribution in [0.25, 0.3) is 0 Å². The lowest BCUT2D eigenvalue weighted by molar-refractivity contribution is -0.127. The Morgan fingerprint density at radius 1 is 1.18 bits per heavy atom. The van der Waals surface area contributed by atoms with Crippen LogP contribution in [0.1, 0.15) is 12.5 Å². The second-order valence-corrected chi connectivity index (χ2v) is 6.13. The molecular formula is C17H17FINO2. The second kappa shape index (κ2) is 8.12. The fourth-order valence-electron chi connectivity index (χ4n) is 1.90. The normalized spacial score (nSPS) is 11.8. The van der Waals surface area contributed by atoms with Gasteiger partial charge in [-0.25, -0.2) is 4.39 Å². The predicted molar refractivity (Wildman–Crippen MR) is 92.4 cm³/mol. The molecule has 1 atom stereocenters. The van der Waals surface area contributed by atoms with E-state index in [9.17, 15) is 9.18 Å². The third-order valence-electron chi connectivity index (χ3n) is 3.12. The number of rotatable bonds is 6. The first-order chi connectivity index (χ1) is 10.5. The molecule has 22 heavy (non-hydrogen) atoms. The summed E-state index contributed by atoms with van der Waals surface area (Å²) < 4.78 is 19.5. The Labute approximate surface area is 143 Å². The minimum atomic E-state index is -0.562.